The maximum atomic E-state index is 12.6. The zero-order valence-corrected chi connectivity index (χ0v) is 16.1. The number of rotatable bonds is 6. The number of sulfonamides is 1. The Hall–Kier alpha value is -2.38. The molecule has 0 spiro atoms. The van der Waals surface area contributed by atoms with E-state index in [1.807, 2.05) is 6.07 Å². The van der Waals surface area contributed by atoms with Crippen molar-refractivity contribution in [1.82, 2.24) is 4.72 Å². The van der Waals surface area contributed by atoms with Crippen molar-refractivity contribution in [1.29, 1.82) is 0 Å². The van der Waals surface area contributed by atoms with E-state index in [-0.39, 0.29) is 10.5 Å². The van der Waals surface area contributed by atoms with Crippen molar-refractivity contribution < 1.29 is 18.3 Å². The van der Waals surface area contributed by atoms with Gasteiger partial charge in [0, 0.05) is 17.8 Å². The van der Waals surface area contributed by atoms with Gasteiger partial charge >= 0.3 is 5.97 Å². The van der Waals surface area contributed by atoms with Crippen molar-refractivity contribution in [2.24, 2.45) is 0 Å². The normalized spacial score (nSPS) is 12.0. The molecule has 0 amide bonds. The van der Waals surface area contributed by atoms with E-state index in [4.69, 9.17) is 5.11 Å². The Bertz CT molecular complexity index is 915. The third-order valence-electron chi connectivity index (χ3n) is 3.59. The molecule has 0 unspecified atom stereocenters. The van der Waals surface area contributed by atoms with Gasteiger partial charge in [-0.1, -0.05) is 18.2 Å². The van der Waals surface area contributed by atoms with Crippen LogP contribution in [0.2, 0.25) is 0 Å². The highest BCUT2D eigenvalue weighted by molar-refractivity contribution is 7.89. The summed E-state index contributed by atoms with van der Waals surface area (Å²) >= 11 is 0. The second kappa shape index (κ2) is 7.47. The molecule has 26 heavy (non-hydrogen) atoms. The van der Waals surface area contributed by atoms with E-state index in [1.54, 1.807) is 58.0 Å². The van der Waals surface area contributed by atoms with Gasteiger partial charge in [-0.25, -0.2) is 17.9 Å². The van der Waals surface area contributed by atoms with Crippen LogP contribution in [0.15, 0.2) is 47.4 Å². The van der Waals surface area contributed by atoms with Gasteiger partial charge in [-0.2, -0.15) is 0 Å². The van der Waals surface area contributed by atoms with E-state index >= 15 is 0 Å². The molecular formula is C19H24N2O4S. The number of hydrogen-bond donors (Lipinski definition) is 3. The van der Waals surface area contributed by atoms with Gasteiger partial charge in [-0.15, -0.1) is 0 Å². The summed E-state index contributed by atoms with van der Waals surface area (Å²) in [5.74, 6) is -0.983. The van der Waals surface area contributed by atoms with Gasteiger partial charge in [0.25, 0.3) is 0 Å². The van der Waals surface area contributed by atoms with Crippen LogP contribution in [0, 0.1) is 6.92 Å². The van der Waals surface area contributed by atoms with Gasteiger partial charge in [0.05, 0.1) is 10.5 Å². The number of carboxylic acid groups (broad SMARTS) is 1. The topological polar surface area (TPSA) is 95.5 Å². The number of carbonyl (C=O) groups is 1. The molecule has 0 saturated carbocycles. The van der Waals surface area contributed by atoms with Crippen LogP contribution in [0.25, 0.3) is 0 Å². The quantitative estimate of drug-likeness (QED) is 0.718. The van der Waals surface area contributed by atoms with E-state index in [0.717, 1.165) is 5.56 Å². The van der Waals surface area contributed by atoms with Gasteiger partial charge in [0.15, 0.2) is 0 Å². The molecule has 0 atom stereocenters. The number of aromatic carboxylic acids is 1. The van der Waals surface area contributed by atoms with Crippen molar-refractivity contribution in [3.8, 4) is 0 Å². The zero-order valence-electron chi connectivity index (χ0n) is 15.3. The monoisotopic (exact) mass is 376 g/mol. The molecule has 0 aromatic heterocycles. The molecule has 0 heterocycles. The van der Waals surface area contributed by atoms with Crippen molar-refractivity contribution in [2.45, 2.75) is 44.7 Å². The van der Waals surface area contributed by atoms with Crippen LogP contribution < -0.4 is 10.0 Å². The number of hydrogen-bond acceptors (Lipinski definition) is 4. The minimum Gasteiger partial charge on any atom is -0.478 e. The van der Waals surface area contributed by atoms with E-state index in [1.165, 1.54) is 6.07 Å². The van der Waals surface area contributed by atoms with Crippen molar-refractivity contribution in [2.75, 3.05) is 5.32 Å². The SMILES string of the molecule is Cc1ccc(NCc2cccc(C(=O)O)c2)cc1S(=O)(=O)NC(C)(C)C. The third-order valence-corrected chi connectivity index (χ3v) is 5.49. The summed E-state index contributed by atoms with van der Waals surface area (Å²) in [6.07, 6.45) is 0. The lowest BCUT2D eigenvalue weighted by Gasteiger charge is -2.21. The molecule has 7 heteroatoms. The first-order valence-electron chi connectivity index (χ1n) is 8.19. The molecule has 0 radical (unpaired) electrons. The van der Waals surface area contributed by atoms with Crippen molar-refractivity contribution in [3.05, 3.63) is 59.2 Å². The van der Waals surface area contributed by atoms with Crippen LogP contribution >= 0.6 is 0 Å². The van der Waals surface area contributed by atoms with E-state index in [0.29, 0.717) is 17.8 Å². The number of benzene rings is 2. The number of nitrogens with one attached hydrogen (secondary N) is 2. The Balaban J connectivity index is 2.22. The Kier molecular flexibility index (Phi) is 5.73. The number of carboxylic acids is 1. The molecular weight excluding hydrogens is 352 g/mol. The van der Waals surface area contributed by atoms with Crippen molar-refractivity contribution >= 4 is 21.7 Å². The Morgan fingerprint density at radius 1 is 1.12 bits per heavy atom. The second-order valence-electron chi connectivity index (χ2n) is 7.19. The molecule has 6 nitrogen and oxygen atoms in total. The fraction of sp³-hybridized carbons (Fsp3) is 0.316. The third kappa shape index (κ3) is 5.31. The summed E-state index contributed by atoms with van der Waals surface area (Å²) in [5.41, 5.74) is 1.73. The van der Waals surface area contributed by atoms with Gasteiger partial charge in [0.1, 0.15) is 0 Å². The molecule has 2 rings (SSSR count). The van der Waals surface area contributed by atoms with Gasteiger partial charge in [-0.3, -0.25) is 0 Å². The molecule has 0 fully saturated rings. The van der Waals surface area contributed by atoms with E-state index in [9.17, 15) is 13.2 Å². The summed E-state index contributed by atoms with van der Waals surface area (Å²) in [6.45, 7) is 7.50. The van der Waals surface area contributed by atoms with Crippen LogP contribution in [0.1, 0.15) is 42.3 Å². The lowest BCUT2D eigenvalue weighted by molar-refractivity contribution is 0.0696. The second-order valence-corrected chi connectivity index (χ2v) is 8.85. The minimum atomic E-state index is -3.64. The molecule has 0 aliphatic heterocycles. The standard InChI is InChI=1S/C19H24N2O4S/c1-13-8-9-16(11-17(13)26(24,25)21-19(2,3)4)20-12-14-6-5-7-15(10-14)18(22)23/h5-11,20-21H,12H2,1-4H3,(H,22,23). The van der Waals surface area contributed by atoms with Gasteiger partial charge < -0.3 is 10.4 Å². The first-order chi connectivity index (χ1) is 12.0. The molecule has 2 aromatic rings. The number of anilines is 1. The highest BCUT2D eigenvalue weighted by atomic mass is 32.2. The lowest BCUT2D eigenvalue weighted by atomic mass is 10.1. The highest BCUT2D eigenvalue weighted by Crippen LogP contribution is 2.22. The molecule has 0 bridgehead atoms. The molecule has 140 valence electrons. The predicted molar refractivity (Wildman–Crippen MR) is 102 cm³/mol. The minimum absolute atomic E-state index is 0.214. The van der Waals surface area contributed by atoms with Crippen LogP contribution in [0.4, 0.5) is 5.69 Å². The van der Waals surface area contributed by atoms with E-state index in [2.05, 4.69) is 10.0 Å². The summed E-state index contributed by atoms with van der Waals surface area (Å²) < 4.78 is 27.9. The Labute approximate surface area is 154 Å². The highest BCUT2D eigenvalue weighted by Gasteiger charge is 2.23. The fourth-order valence-corrected chi connectivity index (χ4v) is 4.17. The maximum absolute atomic E-state index is 12.6. The average Bonchev–Trinajstić information content (AvgIpc) is 2.52. The van der Waals surface area contributed by atoms with Crippen molar-refractivity contribution in [3.63, 3.8) is 0 Å². The molecule has 3 N–H and O–H groups in total. The fourth-order valence-electron chi connectivity index (χ4n) is 2.48. The van der Waals surface area contributed by atoms with E-state index < -0.39 is 21.5 Å². The smallest absolute Gasteiger partial charge is 0.335 e. The molecule has 0 aliphatic carbocycles. The zero-order chi connectivity index (χ0) is 19.5. The maximum Gasteiger partial charge on any atom is 0.335 e. The average molecular weight is 376 g/mol. The number of aryl methyl sites for hydroxylation is 1. The largest absolute Gasteiger partial charge is 0.478 e. The van der Waals surface area contributed by atoms with Crippen LogP contribution in [0.5, 0.6) is 0 Å². The van der Waals surface area contributed by atoms with Crippen LogP contribution in [0.3, 0.4) is 0 Å². The summed E-state index contributed by atoms with van der Waals surface area (Å²) in [5, 5.41) is 12.2. The molecule has 0 saturated heterocycles. The molecule has 2 aromatic carbocycles. The molecule has 0 aliphatic rings. The summed E-state index contributed by atoms with van der Waals surface area (Å²) in [7, 11) is -3.64. The predicted octanol–water partition coefficient (Wildman–Crippen LogP) is 3.38. The van der Waals surface area contributed by atoms with Crippen LogP contribution in [-0.2, 0) is 16.6 Å². The Morgan fingerprint density at radius 2 is 1.81 bits per heavy atom. The van der Waals surface area contributed by atoms with Gasteiger partial charge in [-0.05, 0) is 63.1 Å². The summed E-state index contributed by atoms with van der Waals surface area (Å²) in [4.78, 5) is 11.3. The Morgan fingerprint density at radius 3 is 2.42 bits per heavy atom. The summed E-state index contributed by atoms with van der Waals surface area (Å²) in [6, 6.07) is 11.7. The first-order valence-corrected chi connectivity index (χ1v) is 9.67. The van der Waals surface area contributed by atoms with Gasteiger partial charge in [0.2, 0.25) is 10.0 Å². The van der Waals surface area contributed by atoms with Crippen LogP contribution in [-0.4, -0.2) is 25.0 Å². The first kappa shape index (κ1) is 19.9. The lowest BCUT2D eigenvalue weighted by Crippen LogP contribution is -2.40.